The fraction of sp³-hybridized carbons (Fsp3) is 0.211. The van der Waals surface area contributed by atoms with Crippen LogP contribution in [-0.2, 0) is 0 Å². The van der Waals surface area contributed by atoms with Crippen LogP contribution in [0.3, 0.4) is 0 Å². The molecule has 2 aromatic carbocycles. The molecule has 24 heavy (non-hydrogen) atoms. The van der Waals surface area contributed by atoms with Gasteiger partial charge in [0.15, 0.2) is 0 Å². The van der Waals surface area contributed by atoms with Gasteiger partial charge < -0.3 is 15.5 Å². The summed E-state index contributed by atoms with van der Waals surface area (Å²) in [5, 5.41) is 5.29. The van der Waals surface area contributed by atoms with Gasteiger partial charge in [-0.2, -0.15) is 0 Å². The monoisotopic (exact) mass is 327 g/mol. The van der Waals surface area contributed by atoms with E-state index >= 15 is 0 Å². The van der Waals surface area contributed by atoms with Gasteiger partial charge in [-0.1, -0.05) is 18.2 Å². The molecule has 2 rings (SSSR count). The van der Waals surface area contributed by atoms with E-state index < -0.39 is 0 Å². The second-order valence-electron chi connectivity index (χ2n) is 5.17. The molecule has 0 saturated carbocycles. The number of nitrogens with one attached hydrogen (secondary N) is 2. The van der Waals surface area contributed by atoms with Gasteiger partial charge in [0.25, 0.3) is 0 Å². The van der Waals surface area contributed by atoms with Crippen molar-refractivity contribution in [3.05, 3.63) is 66.1 Å². The highest BCUT2D eigenvalue weighted by Crippen LogP contribution is 2.17. The van der Waals surface area contributed by atoms with Crippen molar-refractivity contribution in [3.8, 4) is 0 Å². The number of amides is 2. The Kier molecular flexibility index (Phi) is 6.37. The molecular formula is C19H22FN3O. The van der Waals surface area contributed by atoms with E-state index in [9.17, 15) is 9.18 Å². The van der Waals surface area contributed by atoms with Gasteiger partial charge in [-0.05, 0) is 50.3 Å². The fourth-order valence-electron chi connectivity index (χ4n) is 2.33. The Morgan fingerprint density at radius 3 is 2.38 bits per heavy atom. The summed E-state index contributed by atoms with van der Waals surface area (Å²) >= 11 is 0. The Balaban J connectivity index is 1.89. The van der Waals surface area contributed by atoms with Crippen LogP contribution < -0.4 is 15.5 Å². The first-order valence-electron chi connectivity index (χ1n) is 7.97. The van der Waals surface area contributed by atoms with Crippen molar-refractivity contribution in [2.24, 2.45) is 0 Å². The lowest BCUT2D eigenvalue weighted by molar-refractivity contribution is 0.255. The Hall–Kier alpha value is -2.82. The standard InChI is InChI=1S/C19H22FN3O/c1-3-23(4-2)17-11-9-16(10-12-17)22-19(24)21-14-13-15-7-5-6-8-18(15)20/h5-14H,3-4H2,1-2H3,(H2,21,22,24)/b14-13+. The number of nitrogens with zero attached hydrogens (tertiary/aromatic N) is 1. The highest BCUT2D eigenvalue weighted by Gasteiger charge is 2.03. The van der Waals surface area contributed by atoms with Crippen LogP contribution in [-0.4, -0.2) is 19.1 Å². The van der Waals surface area contributed by atoms with Gasteiger partial charge in [0.2, 0.25) is 0 Å². The van der Waals surface area contributed by atoms with Crippen LogP contribution in [0.2, 0.25) is 0 Å². The lowest BCUT2D eigenvalue weighted by Crippen LogP contribution is -2.24. The zero-order valence-electron chi connectivity index (χ0n) is 13.9. The molecule has 0 unspecified atom stereocenters. The number of benzene rings is 2. The number of hydrogen-bond donors (Lipinski definition) is 2. The lowest BCUT2D eigenvalue weighted by Gasteiger charge is -2.21. The maximum atomic E-state index is 13.4. The number of halogens is 1. The van der Waals surface area contributed by atoms with Crippen LogP contribution in [0.15, 0.2) is 54.7 Å². The maximum absolute atomic E-state index is 13.4. The van der Waals surface area contributed by atoms with Crippen molar-refractivity contribution in [1.82, 2.24) is 5.32 Å². The molecule has 0 radical (unpaired) electrons. The van der Waals surface area contributed by atoms with Crippen LogP contribution in [0.5, 0.6) is 0 Å². The van der Waals surface area contributed by atoms with Gasteiger partial charge in [0, 0.05) is 36.2 Å². The Labute approximate surface area is 142 Å². The molecule has 2 aromatic rings. The minimum Gasteiger partial charge on any atom is -0.372 e. The summed E-state index contributed by atoms with van der Waals surface area (Å²) in [6.07, 6.45) is 2.93. The summed E-state index contributed by atoms with van der Waals surface area (Å²) in [6, 6.07) is 13.6. The number of carbonyl (C=O) groups excluding carboxylic acids is 1. The molecule has 0 aromatic heterocycles. The molecule has 5 heteroatoms. The third-order valence-electron chi connectivity index (χ3n) is 3.64. The van der Waals surface area contributed by atoms with Crippen molar-refractivity contribution in [1.29, 1.82) is 0 Å². The molecule has 0 bridgehead atoms. The van der Waals surface area contributed by atoms with Gasteiger partial charge in [0.05, 0.1) is 0 Å². The Morgan fingerprint density at radius 2 is 1.75 bits per heavy atom. The van der Waals surface area contributed by atoms with Crippen LogP contribution in [0.25, 0.3) is 6.08 Å². The SMILES string of the molecule is CCN(CC)c1ccc(NC(=O)N/C=C/c2ccccc2F)cc1. The Bertz CT molecular complexity index is 694. The number of hydrogen-bond acceptors (Lipinski definition) is 2. The first-order chi connectivity index (χ1) is 11.6. The van der Waals surface area contributed by atoms with E-state index in [2.05, 4.69) is 29.4 Å². The van der Waals surface area contributed by atoms with Crippen LogP contribution in [0.1, 0.15) is 19.4 Å². The highest BCUT2D eigenvalue weighted by atomic mass is 19.1. The van der Waals surface area contributed by atoms with Crippen LogP contribution in [0, 0.1) is 5.82 Å². The van der Waals surface area contributed by atoms with E-state index in [1.807, 2.05) is 24.3 Å². The quantitative estimate of drug-likeness (QED) is 0.822. The summed E-state index contributed by atoms with van der Waals surface area (Å²) in [7, 11) is 0. The minimum absolute atomic E-state index is 0.331. The molecule has 0 atom stereocenters. The molecule has 0 fully saturated rings. The topological polar surface area (TPSA) is 44.4 Å². The number of carbonyl (C=O) groups is 1. The van der Waals surface area contributed by atoms with E-state index in [0.717, 1.165) is 18.8 Å². The van der Waals surface area contributed by atoms with E-state index in [1.54, 1.807) is 18.2 Å². The molecule has 0 aliphatic carbocycles. The van der Waals surface area contributed by atoms with Gasteiger partial charge in [-0.25, -0.2) is 9.18 Å². The number of anilines is 2. The van der Waals surface area contributed by atoms with Gasteiger partial charge in [0.1, 0.15) is 5.82 Å². The molecule has 0 saturated heterocycles. The predicted molar refractivity (Wildman–Crippen MR) is 97.6 cm³/mol. The Morgan fingerprint density at radius 1 is 1.08 bits per heavy atom. The van der Waals surface area contributed by atoms with Crippen molar-refractivity contribution in [2.75, 3.05) is 23.3 Å². The molecule has 0 aliphatic heterocycles. The predicted octanol–water partition coefficient (Wildman–Crippen LogP) is 4.46. The zero-order chi connectivity index (χ0) is 17.4. The number of rotatable bonds is 6. The van der Waals surface area contributed by atoms with E-state index in [4.69, 9.17) is 0 Å². The molecule has 126 valence electrons. The van der Waals surface area contributed by atoms with Crippen LogP contribution in [0.4, 0.5) is 20.6 Å². The van der Waals surface area contributed by atoms with Crippen molar-refractivity contribution >= 4 is 23.5 Å². The smallest absolute Gasteiger partial charge is 0.323 e. The van der Waals surface area contributed by atoms with Crippen molar-refractivity contribution < 1.29 is 9.18 Å². The van der Waals surface area contributed by atoms with Gasteiger partial charge in [-0.15, -0.1) is 0 Å². The molecule has 2 N–H and O–H groups in total. The molecular weight excluding hydrogens is 305 g/mol. The average molecular weight is 327 g/mol. The minimum atomic E-state index is -0.377. The van der Waals surface area contributed by atoms with Gasteiger partial charge >= 0.3 is 6.03 Å². The lowest BCUT2D eigenvalue weighted by atomic mass is 10.2. The maximum Gasteiger partial charge on any atom is 0.323 e. The molecule has 0 spiro atoms. The highest BCUT2D eigenvalue weighted by molar-refractivity contribution is 5.90. The van der Waals surface area contributed by atoms with Crippen molar-refractivity contribution in [3.63, 3.8) is 0 Å². The molecule has 2 amide bonds. The summed E-state index contributed by atoms with van der Waals surface area (Å²) in [5.74, 6) is -0.331. The molecule has 0 heterocycles. The van der Waals surface area contributed by atoms with Crippen molar-refractivity contribution in [2.45, 2.75) is 13.8 Å². The summed E-state index contributed by atoms with van der Waals surface area (Å²) in [4.78, 5) is 14.1. The second-order valence-corrected chi connectivity index (χ2v) is 5.17. The zero-order valence-corrected chi connectivity index (χ0v) is 13.9. The molecule has 0 aliphatic rings. The van der Waals surface area contributed by atoms with Crippen LogP contribution >= 0.6 is 0 Å². The summed E-state index contributed by atoms with van der Waals surface area (Å²) in [5.41, 5.74) is 2.23. The summed E-state index contributed by atoms with van der Waals surface area (Å²) in [6.45, 7) is 6.07. The third-order valence-corrected chi connectivity index (χ3v) is 3.64. The molecule has 4 nitrogen and oxygen atoms in total. The largest absolute Gasteiger partial charge is 0.372 e. The summed E-state index contributed by atoms with van der Waals surface area (Å²) < 4.78 is 13.4. The van der Waals surface area contributed by atoms with E-state index in [-0.39, 0.29) is 11.8 Å². The fourth-order valence-corrected chi connectivity index (χ4v) is 2.33. The first-order valence-corrected chi connectivity index (χ1v) is 7.97. The second kappa shape index (κ2) is 8.72. The van der Waals surface area contributed by atoms with Gasteiger partial charge in [-0.3, -0.25) is 0 Å². The van der Waals surface area contributed by atoms with E-state index in [1.165, 1.54) is 18.3 Å². The first kappa shape index (κ1) is 17.5. The van der Waals surface area contributed by atoms with E-state index in [0.29, 0.717) is 11.3 Å². The third kappa shape index (κ3) is 4.84. The normalized spacial score (nSPS) is 10.6. The average Bonchev–Trinajstić information content (AvgIpc) is 2.59. The number of urea groups is 1.